The molecule has 1 aromatic rings. The van der Waals surface area contributed by atoms with E-state index in [1.54, 1.807) is 12.4 Å². The van der Waals surface area contributed by atoms with Crippen molar-refractivity contribution in [2.75, 3.05) is 20.1 Å². The van der Waals surface area contributed by atoms with E-state index in [1.807, 2.05) is 31.0 Å². The summed E-state index contributed by atoms with van der Waals surface area (Å²) in [6.07, 6.45) is 5.50. The average molecular weight is 249 g/mol. The summed E-state index contributed by atoms with van der Waals surface area (Å²) in [4.78, 5) is 17.7. The molecule has 0 bridgehead atoms. The molecule has 0 aliphatic carbocycles. The first-order valence-corrected chi connectivity index (χ1v) is 6.48. The highest BCUT2D eigenvalue weighted by Gasteiger charge is 2.08. The van der Waals surface area contributed by atoms with Gasteiger partial charge in [-0.15, -0.1) is 0 Å². The fraction of sp³-hybridized carbons (Fsp3) is 0.571. The lowest BCUT2D eigenvalue weighted by Gasteiger charge is -2.18. The Morgan fingerprint density at radius 2 is 2.11 bits per heavy atom. The van der Waals surface area contributed by atoms with E-state index >= 15 is 0 Å². The van der Waals surface area contributed by atoms with E-state index in [0.717, 1.165) is 19.4 Å². The molecule has 0 spiro atoms. The molecule has 0 aromatic carbocycles. The Hall–Kier alpha value is -1.42. The fourth-order valence-electron chi connectivity index (χ4n) is 1.62. The van der Waals surface area contributed by atoms with Gasteiger partial charge in [-0.2, -0.15) is 0 Å². The molecule has 1 heterocycles. The number of rotatable bonds is 7. The van der Waals surface area contributed by atoms with E-state index in [0.29, 0.717) is 6.54 Å². The van der Waals surface area contributed by atoms with Crippen LogP contribution in [0.4, 0.5) is 0 Å². The molecule has 0 aliphatic heterocycles. The van der Waals surface area contributed by atoms with Gasteiger partial charge in [-0.3, -0.25) is 14.7 Å². The van der Waals surface area contributed by atoms with Crippen molar-refractivity contribution in [3.05, 3.63) is 30.1 Å². The molecule has 1 rings (SSSR count). The summed E-state index contributed by atoms with van der Waals surface area (Å²) in [6, 6.07) is 4.27. The second-order valence-corrected chi connectivity index (χ2v) is 4.72. The van der Waals surface area contributed by atoms with Gasteiger partial charge in [0.15, 0.2) is 0 Å². The molecule has 0 radical (unpaired) electrons. The standard InChI is InChI=1S/C14H23N3O/c1-4-12(2)16-14(18)11-17(3)10-7-13-5-8-15-9-6-13/h5-6,8-9,12H,4,7,10-11H2,1-3H3,(H,16,18). The molecule has 0 saturated heterocycles. The molecule has 4 heteroatoms. The molecule has 1 atom stereocenters. The molecule has 1 aromatic heterocycles. The van der Waals surface area contributed by atoms with E-state index in [9.17, 15) is 4.79 Å². The Balaban J connectivity index is 2.25. The van der Waals surface area contributed by atoms with Crippen molar-refractivity contribution in [2.45, 2.75) is 32.7 Å². The second-order valence-electron chi connectivity index (χ2n) is 4.72. The van der Waals surface area contributed by atoms with Gasteiger partial charge in [-0.1, -0.05) is 6.92 Å². The molecule has 1 amide bonds. The summed E-state index contributed by atoms with van der Waals surface area (Å²) in [5, 5.41) is 2.97. The first-order chi connectivity index (χ1) is 8.61. The highest BCUT2D eigenvalue weighted by atomic mass is 16.2. The first-order valence-electron chi connectivity index (χ1n) is 6.48. The van der Waals surface area contributed by atoms with E-state index in [4.69, 9.17) is 0 Å². The van der Waals surface area contributed by atoms with Crippen LogP contribution in [0.25, 0.3) is 0 Å². The number of hydrogen-bond acceptors (Lipinski definition) is 3. The lowest BCUT2D eigenvalue weighted by atomic mass is 10.2. The van der Waals surface area contributed by atoms with E-state index in [-0.39, 0.29) is 11.9 Å². The van der Waals surface area contributed by atoms with Crippen molar-refractivity contribution in [2.24, 2.45) is 0 Å². The van der Waals surface area contributed by atoms with E-state index in [2.05, 4.69) is 17.2 Å². The third-order valence-electron chi connectivity index (χ3n) is 2.96. The number of amides is 1. The fourth-order valence-corrected chi connectivity index (χ4v) is 1.62. The third-order valence-corrected chi connectivity index (χ3v) is 2.96. The number of likely N-dealkylation sites (N-methyl/N-ethyl adjacent to an activating group) is 1. The number of aromatic nitrogens is 1. The van der Waals surface area contributed by atoms with Gasteiger partial charge < -0.3 is 5.32 Å². The second kappa shape index (κ2) is 7.82. The van der Waals surface area contributed by atoms with E-state index < -0.39 is 0 Å². The quantitative estimate of drug-likeness (QED) is 0.796. The van der Waals surface area contributed by atoms with Gasteiger partial charge in [0.2, 0.25) is 5.91 Å². The molecule has 0 saturated carbocycles. The van der Waals surface area contributed by atoms with Crippen molar-refractivity contribution in [3.63, 3.8) is 0 Å². The topological polar surface area (TPSA) is 45.2 Å². The molecule has 18 heavy (non-hydrogen) atoms. The van der Waals surface area contributed by atoms with Crippen molar-refractivity contribution >= 4 is 5.91 Å². The Bertz CT molecular complexity index is 353. The van der Waals surface area contributed by atoms with Crippen LogP contribution >= 0.6 is 0 Å². The average Bonchev–Trinajstić information content (AvgIpc) is 2.37. The van der Waals surface area contributed by atoms with Crippen LogP contribution in [0.2, 0.25) is 0 Å². The maximum absolute atomic E-state index is 11.7. The molecule has 1 unspecified atom stereocenters. The van der Waals surface area contributed by atoms with Gasteiger partial charge >= 0.3 is 0 Å². The Morgan fingerprint density at radius 3 is 2.72 bits per heavy atom. The van der Waals surface area contributed by atoms with Crippen molar-refractivity contribution in [3.8, 4) is 0 Å². The predicted octanol–water partition coefficient (Wildman–Crippen LogP) is 1.47. The number of carbonyl (C=O) groups is 1. The number of pyridine rings is 1. The number of hydrogen-bond donors (Lipinski definition) is 1. The minimum atomic E-state index is 0.0987. The van der Waals surface area contributed by atoms with Crippen molar-refractivity contribution in [1.29, 1.82) is 0 Å². The van der Waals surface area contributed by atoms with Crippen LogP contribution < -0.4 is 5.32 Å². The van der Waals surface area contributed by atoms with Gasteiger partial charge in [0.25, 0.3) is 0 Å². The minimum Gasteiger partial charge on any atom is -0.353 e. The first kappa shape index (κ1) is 14.6. The van der Waals surface area contributed by atoms with E-state index in [1.165, 1.54) is 5.56 Å². The summed E-state index contributed by atoms with van der Waals surface area (Å²) >= 11 is 0. The summed E-state index contributed by atoms with van der Waals surface area (Å²) in [6.45, 7) is 5.42. The Morgan fingerprint density at radius 1 is 1.44 bits per heavy atom. The molecule has 0 aliphatic rings. The third kappa shape index (κ3) is 5.77. The minimum absolute atomic E-state index is 0.0987. The zero-order chi connectivity index (χ0) is 13.4. The molecular formula is C14H23N3O. The zero-order valence-electron chi connectivity index (χ0n) is 11.5. The summed E-state index contributed by atoms with van der Waals surface area (Å²) in [5.74, 6) is 0.0987. The zero-order valence-corrected chi connectivity index (χ0v) is 11.5. The van der Waals surface area contributed by atoms with Gasteiger partial charge in [0, 0.05) is 25.0 Å². The number of carbonyl (C=O) groups excluding carboxylic acids is 1. The lowest BCUT2D eigenvalue weighted by Crippen LogP contribution is -2.40. The number of nitrogens with zero attached hydrogens (tertiary/aromatic N) is 2. The predicted molar refractivity (Wildman–Crippen MR) is 73.3 cm³/mol. The van der Waals surface area contributed by atoms with Crippen LogP contribution in [-0.4, -0.2) is 42.0 Å². The normalized spacial score (nSPS) is 12.4. The highest BCUT2D eigenvalue weighted by molar-refractivity contribution is 5.78. The summed E-state index contributed by atoms with van der Waals surface area (Å²) < 4.78 is 0. The van der Waals surface area contributed by atoms with Gasteiger partial charge in [-0.05, 0) is 44.5 Å². The SMILES string of the molecule is CCC(C)NC(=O)CN(C)CCc1ccncc1. The van der Waals surface area contributed by atoms with Crippen LogP contribution in [-0.2, 0) is 11.2 Å². The maximum atomic E-state index is 11.7. The molecular weight excluding hydrogens is 226 g/mol. The van der Waals surface area contributed by atoms with Crippen LogP contribution in [0.5, 0.6) is 0 Å². The van der Waals surface area contributed by atoms with Gasteiger partial charge in [-0.25, -0.2) is 0 Å². The smallest absolute Gasteiger partial charge is 0.234 e. The van der Waals surface area contributed by atoms with Crippen molar-refractivity contribution in [1.82, 2.24) is 15.2 Å². The Labute approximate surface area is 109 Å². The van der Waals surface area contributed by atoms with Crippen molar-refractivity contribution < 1.29 is 4.79 Å². The van der Waals surface area contributed by atoms with Crippen LogP contribution in [0.3, 0.4) is 0 Å². The molecule has 100 valence electrons. The van der Waals surface area contributed by atoms with Gasteiger partial charge in [0.05, 0.1) is 6.54 Å². The number of nitrogens with one attached hydrogen (secondary N) is 1. The monoisotopic (exact) mass is 249 g/mol. The molecule has 0 fully saturated rings. The van der Waals surface area contributed by atoms with Crippen LogP contribution in [0, 0.1) is 0 Å². The van der Waals surface area contributed by atoms with Crippen LogP contribution in [0.1, 0.15) is 25.8 Å². The summed E-state index contributed by atoms with van der Waals surface area (Å²) in [7, 11) is 1.97. The lowest BCUT2D eigenvalue weighted by molar-refractivity contribution is -0.122. The Kier molecular flexibility index (Phi) is 6.36. The molecule has 4 nitrogen and oxygen atoms in total. The van der Waals surface area contributed by atoms with Crippen LogP contribution in [0.15, 0.2) is 24.5 Å². The molecule has 1 N–H and O–H groups in total. The highest BCUT2D eigenvalue weighted by Crippen LogP contribution is 1.98. The maximum Gasteiger partial charge on any atom is 0.234 e. The largest absolute Gasteiger partial charge is 0.353 e. The van der Waals surface area contributed by atoms with Gasteiger partial charge in [0.1, 0.15) is 0 Å². The summed E-state index contributed by atoms with van der Waals surface area (Å²) in [5.41, 5.74) is 1.25.